The summed E-state index contributed by atoms with van der Waals surface area (Å²) in [6.45, 7) is 1.66. The van der Waals surface area contributed by atoms with Gasteiger partial charge in [-0.2, -0.15) is 0 Å². The Hall–Kier alpha value is -0.770. The summed E-state index contributed by atoms with van der Waals surface area (Å²) in [5, 5.41) is 10.0. The Bertz CT molecular complexity index is 505. The predicted molar refractivity (Wildman–Crippen MR) is 67.5 cm³/mol. The Morgan fingerprint density at radius 3 is 2.69 bits per heavy atom. The van der Waals surface area contributed by atoms with E-state index in [1.54, 1.807) is 19.1 Å². The van der Waals surface area contributed by atoms with Crippen LogP contribution < -0.4 is 0 Å². The maximum atomic E-state index is 9.38. The number of hydrogen-bond acceptors (Lipinski definition) is 2. The molecule has 1 heterocycles. The Balaban J connectivity index is 2.47. The van der Waals surface area contributed by atoms with Crippen molar-refractivity contribution >= 4 is 27.5 Å². The van der Waals surface area contributed by atoms with Crippen LogP contribution in [0.15, 0.2) is 39.2 Å². The Kier molecular flexibility index (Phi) is 3.38. The molecular formula is C12H10BrClO2. The van der Waals surface area contributed by atoms with Crippen LogP contribution in [0.1, 0.15) is 18.8 Å². The number of rotatable bonds is 2. The van der Waals surface area contributed by atoms with Gasteiger partial charge in [-0.05, 0) is 47.1 Å². The second-order valence-corrected chi connectivity index (χ2v) is 4.68. The molecule has 1 aromatic heterocycles. The zero-order valence-electron chi connectivity index (χ0n) is 8.58. The van der Waals surface area contributed by atoms with Gasteiger partial charge in [0.05, 0.1) is 5.02 Å². The number of aliphatic hydroxyl groups excluding tert-OH is 1. The van der Waals surface area contributed by atoms with Crippen LogP contribution in [0.4, 0.5) is 0 Å². The van der Waals surface area contributed by atoms with Crippen LogP contribution in [0.5, 0.6) is 0 Å². The molecule has 0 aliphatic rings. The molecule has 0 amide bonds. The smallest absolute Gasteiger partial charge is 0.135 e. The molecule has 1 N–H and O–H groups in total. The second-order valence-electron chi connectivity index (χ2n) is 3.48. The number of furan rings is 1. The molecule has 2 aromatic rings. The zero-order chi connectivity index (χ0) is 11.7. The molecule has 2 nitrogen and oxygen atoms in total. The lowest BCUT2D eigenvalue weighted by Crippen LogP contribution is -1.85. The lowest BCUT2D eigenvalue weighted by atomic mass is 10.2. The molecule has 0 saturated carbocycles. The van der Waals surface area contributed by atoms with E-state index in [-0.39, 0.29) is 0 Å². The van der Waals surface area contributed by atoms with Crippen molar-refractivity contribution in [1.29, 1.82) is 0 Å². The quantitative estimate of drug-likeness (QED) is 0.891. The van der Waals surface area contributed by atoms with E-state index in [0.29, 0.717) is 16.5 Å². The van der Waals surface area contributed by atoms with Crippen LogP contribution >= 0.6 is 27.5 Å². The van der Waals surface area contributed by atoms with Gasteiger partial charge in [0.2, 0.25) is 0 Å². The molecule has 2 rings (SSSR count). The molecular weight excluding hydrogens is 291 g/mol. The molecule has 1 aromatic carbocycles. The van der Waals surface area contributed by atoms with Gasteiger partial charge in [0.25, 0.3) is 0 Å². The molecule has 0 spiro atoms. The van der Waals surface area contributed by atoms with E-state index in [4.69, 9.17) is 16.0 Å². The molecule has 1 unspecified atom stereocenters. The van der Waals surface area contributed by atoms with Crippen molar-refractivity contribution in [2.24, 2.45) is 0 Å². The summed E-state index contributed by atoms with van der Waals surface area (Å²) in [5.41, 5.74) is 0.874. The van der Waals surface area contributed by atoms with E-state index in [2.05, 4.69) is 15.9 Å². The van der Waals surface area contributed by atoms with Crippen molar-refractivity contribution in [3.8, 4) is 11.3 Å². The number of aliphatic hydroxyl groups is 1. The normalized spacial score (nSPS) is 12.8. The minimum atomic E-state index is -0.605. The minimum Gasteiger partial charge on any atom is -0.458 e. The molecule has 16 heavy (non-hydrogen) atoms. The first-order chi connectivity index (χ1) is 7.59. The van der Waals surface area contributed by atoms with Gasteiger partial charge in [0.1, 0.15) is 17.6 Å². The third-order valence-electron chi connectivity index (χ3n) is 2.26. The van der Waals surface area contributed by atoms with Crippen LogP contribution in [0.2, 0.25) is 5.02 Å². The van der Waals surface area contributed by atoms with Gasteiger partial charge in [-0.1, -0.05) is 17.7 Å². The predicted octanol–water partition coefficient (Wildman–Crippen LogP) is 4.42. The van der Waals surface area contributed by atoms with Crippen LogP contribution in [0.25, 0.3) is 11.3 Å². The van der Waals surface area contributed by atoms with E-state index in [1.807, 2.05) is 18.2 Å². The second kappa shape index (κ2) is 4.62. The maximum Gasteiger partial charge on any atom is 0.135 e. The number of halogens is 2. The van der Waals surface area contributed by atoms with Gasteiger partial charge in [0.15, 0.2) is 0 Å². The average Bonchev–Trinajstić information content (AvgIpc) is 2.71. The van der Waals surface area contributed by atoms with Crippen molar-refractivity contribution in [3.63, 3.8) is 0 Å². The minimum absolute atomic E-state index is 0.543. The van der Waals surface area contributed by atoms with Crippen LogP contribution in [0.3, 0.4) is 0 Å². The molecule has 4 heteroatoms. The van der Waals surface area contributed by atoms with Crippen LogP contribution in [-0.2, 0) is 0 Å². The summed E-state index contributed by atoms with van der Waals surface area (Å²) in [6.07, 6.45) is -0.605. The standard InChI is InChI=1S/C12H10BrClO2/c1-7(15)10-5-6-11(16-10)8-3-2-4-9(14)12(8)13/h2-7,15H,1H3. The third kappa shape index (κ3) is 2.17. The third-order valence-corrected chi connectivity index (χ3v) is 3.65. The number of benzene rings is 1. The summed E-state index contributed by atoms with van der Waals surface area (Å²) in [5.74, 6) is 1.23. The van der Waals surface area contributed by atoms with E-state index in [0.717, 1.165) is 10.0 Å². The Morgan fingerprint density at radius 1 is 1.31 bits per heavy atom. The summed E-state index contributed by atoms with van der Waals surface area (Å²) < 4.78 is 6.32. The van der Waals surface area contributed by atoms with Gasteiger partial charge >= 0.3 is 0 Å². The first-order valence-electron chi connectivity index (χ1n) is 4.82. The summed E-state index contributed by atoms with van der Waals surface area (Å²) >= 11 is 9.40. The van der Waals surface area contributed by atoms with Crippen molar-refractivity contribution in [3.05, 3.63) is 45.6 Å². The van der Waals surface area contributed by atoms with Crippen molar-refractivity contribution in [2.45, 2.75) is 13.0 Å². The lowest BCUT2D eigenvalue weighted by molar-refractivity contribution is 0.170. The first kappa shape index (κ1) is 11.7. The van der Waals surface area contributed by atoms with E-state index >= 15 is 0 Å². The van der Waals surface area contributed by atoms with Gasteiger partial charge in [-0.15, -0.1) is 0 Å². The summed E-state index contributed by atoms with van der Waals surface area (Å²) in [6, 6.07) is 9.13. The average molecular weight is 302 g/mol. The highest BCUT2D eigenvalue weighted by Gasteiger charge is 2.12. The van der Waals surface area contributed by atoms with Gasteiger partial charge in [0, 0.05) is 10.0 Å². The maximum absolute atomic E-state index is 9.38. The van der Waals surface area contributed by atoms with E-state index in [1.165, 1.54) is 0 Å². The molecule has 1 atom stereocenters. The van der Waals surface area contributed by atoms with E-state index < -0.39 is 6.10 Å². The topological polar surface area (TPSA) is 33.4 Å². The molecule has 0 radical (unpaired) electrons. The van der Waals surface area contributed by atoms with Gasteiger partial charge < -0.3 is 9.52 Å². The van der Waals surface area contributed by atoms with Crippen LogP contribution in [-0.4, -0.2) is 5.11 Å². The molecule has 0 aliphatic carbocycles. The van der Waals surface area contributed by atoms with Gasteiger partial charge in [-0.3, -0.25) is 0 Å². The van der Waals surface area contributed by atoms with Crippen molar-refractivity contribution < 1.29 is 9.52 Å². The highest BCUT2D eigenvalue weighted by molar-refractivity contribution is 9.10. The van der Waals surface area contributed by atoms with Crippen molar-refractivity contribution in [2.75, 3.05) is 0 Å². The molecule has 0 bridgehead atoms. The largest absolute Gasteiger partial charge is 0.458 e. The zero-order valence-corrected chi connectivity index (χ0v) is 10.9. The summed E-state index contributed by atoms with van der Waals surface area (Å²) in [4.78, 5) is 0. The van der Waals surface area contributed by atoms with Crippen molar-refractivity contribution in [1.82, 2.24) is 0 Å². The van der Waals surface area contributed by atoms with Crippen LogP contribution in [0, 0.1) is 0 Å². The first-order valence-corrected chi connectivity index (χ1v) is 5.99. The SMILES string of the molecule is CC(O)c1ccc(-c2cccc(Cl)c2Br)o1. The monoisotopic (exact) mass is 300 g/mol. The Labute approximate surface area is 107 Å². The molecule has 0 aliphatic heterocycles. The highest BCUT2D eigenvalue weighted by atomic mass is 79.9. The fourth-order valence-corrected chi connectivity index (χ4v) is 2.05. The summed E-state index contributed by atoms with van der Waals surface area (Å²) in [7, 11) is 0. The fourth-order valence-electron chi connectivity index (χ4n) is 1.42. The highest BCUT2D eigenvalue weighted by Crippen LogP contribution is 2.35. The van der Waals surface area contributed by atoms with E-state index in [9.17, 15) is 5.11 Å². The fraction of sp³-hybridized carbons (Fsp3) is 0.167. The van der Waals surface area contributed by atoms with Gasteiger partial charge in [-0.25, -0.2) is 0 Å². The molecule has 0 saturated heterocycles. The molecule has 84 valence electrons. The lowest BCUT2D eigenvalue weighted by Gasteiger charge is -2.03. The Morgan fingerprint density at radius 2 is 2.06 bits per heavy atom. The number of hydrogen-bond donors (Lipinski definition) is 1. The molecule has 0 fully saturated rings.